The molecule has 2 aromatic rings. The molecule has 2 rings (SSSR count). The molecule has 0 spiro atoms. The first kappa shape index (κ1) is 20.7. The molecule has 2 N–H and O–H groups in total. The van der Waals surface area contributed by atoms with Gasteiger partial charge >= 0.3 is 5.97 Å². The van der Waals surface area contributed by atoms with E-state index in [9.17, 15) is 14.7 Å². The van der Waals surface area contributed by atoms with Crippen LogP contribution in [0.3, 0.4) is 0 Å². The van der Waals surface area contributed by atoms with E-state index in [0.717, 1.165) is 10.8 Å². The predicted octanol–water partition coefficient (Wildman–Crippen LogP) is 4.46. The number of aliphatic carboxylic acids is 1. The number of rotatable bonds is 4. The van der Waals surface area contributed by atoms with E-state index in [4.69, 9.17) is 0 Å². The fraction of sp³-hybridized carbons (Fsp3) is 0.364. The number of carboxylic acids is 1. The number of carbonyl (C=O) groups excluding carboxylic acids is 1. The Hall–Kier alpha value is -2.58. The molecule has 5 heteroatoms. The molecular weight excluding hydrogens is 354 g/mol. The zero-order chi connectivity index (χ0) is 20.2. The lowest BCUT2D eigenvalue weighted by Gasteiger charge is -2.31. The van der Waals surface area contributed by atoms with Gasteiger partial charge in [-0.15, -0.1) is 11.5 Å². The van der Waals surface area contributed by atoms with Gasteiger partial charge in [0.15, 0.2) is 0 Å². The van der Waals surface area contributed by atoms with Crippen LogP contribution in [0.2, 0.25) is 18.1 Å². The van der Waals surface area contributed by atoms with E-state index in [2.05, 4.69) is 50.6 Å². The van der Waals surface area contributed by atoms with Gasteiger partial charge in [-0.05, 0) is 27.9 Å². The summed E-state index contributed by atoms with van der Waals surface area (Å²) in [6, 6.07) is 12.0. The number of fused-ring (bicyclic) bond motifs is 1. The highest BCUT2D eigenvalue weighted by Gasteiger charge is 2.33. The summed E-state index contributed by atoms with van der Waals surface area (Å²) in [6.07, 6.45) is 0.0984. The molecule has 0 radical (unpaired) electrons. The normalized spacial score (nSPS) is 12.8. The van der Waals surface area contributed by atoms with Crippen molar-refractivity contribution in [1.29, 1.82) is 0 Å². The molecule has 0 bridgehead atoms. The van der Waals surface area contributed by atoms with Crippen LogP contribution in [0, 0.1) is 11.5 Å². The SMILES string of the molecule is CC(C)(C)[Si](C)(C)C#CC[C@H](NC(=O)c1ccc2ccccc2c1)C(=O)O. The zero-order valence-corrected chi connectivity index (χ0v) is 17.6. The molecule has 0 aliphatic carbocycles. The van der Waals surface area contributed by atoms with Gasteiger partial charge in [0.1, 0.15) is 14.1 Å². The maximum absolute atomic E-state index is 12.5. The fourth-order valence-electron chi connectivity index (χ4n) is 2.33. The maximum atomic E-state index is 12.5. The highest BCUT2D eigenvalue weighted by atomic mass is 28.3. The minimum atomic E-state index is -1.81. The van der Waals surface area contributed by atoms with Gasteiger partial charge in [0.2, 0.25) is 0 Å². The molecule has 1 atom stereocenters. The van der Waals surface area contributed by atoms with Crippen molar-refractivity contribution in [1.82, 2.24) is 5.32 Å². The molecule has 0 aliphatic rings. The van der Waals surface area contributed by atoms with E-state index in [1.54, 1.807) is 12.1 Å². The van der Waals surface area contributed by atoms with Crippen LogP contribution in [0.5, 0.6) is 0 Å². The van der Waals surface area contributed by atoms with Crippen LogP contribution in [0.4, 0.5) is 0 Å². The van der Waals surface area contributed by atoms with Crippen LogP contribution < -0.4 is 5.32 Å². The lowest BCUT2D eigenvalue weighted by molar-refractivity contribution is -0.139. The summed E-state index contributed by atoms with van der Waals surface area (Å²) >= 11 is 0. The Labute approximate surface area is 162 Å². The first-order valence-corrected chi connectivity index (χ1v) is 12.0. The molecule has 0 heterocycles. The first-order chi connectivity index (χ1) is 12.5. The molecule has 0 saturated heterocycles. The minimum Gasteiger partial charge on any atom is -0.480 e. The van der Waals surface area contributed by atoms with Crippen LogP contribution in [0.15, 0.2) is 42.5 Å². The Morgan fingerprint density at radius 2 is 1.74 bits per heavy atom. The second-order valence-corrected chi connectivity index (χ2v) is 13.3. The van der Waals surface area contributed by atoms with E-state index >= 15 is 0 Å². The van der Waals surface area contributed by atoms with Crippen LogP contribution in [-0.2, 0) is 4.79 Å². The first-order valence-electron chi connectivity index (χ1n) is 9.04. The van der Waals surface area contributed by atoms with Crippen molar-refractivity contribution in [2.24, 2.45) is 0 Å². The highest BCUT2D eigenvalue weighted by Crippen LogP contribution is 2.35. The molecule has 0 aromatic heterocycles. The third kappa shape index (κ3) is 5.21. The number of carbonyl (C=O) groups is 2. The van der Waals surface area contributed by atoms with Crippen LogP contribution in [0.25, 0.3) is 10.8 Å². The van der Waals surface area contributed by atoms with Crippen molar-refractivity contribution in [3.05, 3.63) is 48.0 Å². The Balaban J connectivity index is 2.13. The quantitative estimate of drug-likeness (QED) is 0.607. The standard InChI is InChI=1S/C22H27NO3Si/c1-22(2,3)27(4,5)14-8-11-19(21(25)26)23-20(24)18-13-12-16-9-6-7-10-17(16)15-18/h6-7,9-10,12-13,15,19H,11H2,1-5H3,(H,23,24)(H,25,26)/t19-/m0/s1. The largest absolute Gasteiger partial charge is 0.480 e. The van der Waals surface area contributed by atoms with Crippen molar-refractivity contribution in [2.45, 2.75) is 51.4 Å². The number of hydrogen-bond acceptors (Lipinski definition) is 2. The second-order valence-electron chi connectivity index (χ2n) is 8.31. The number of benzene rings is 2. The summed E-state index contributed by atoms with van der Waals surface area (Å²) in [7, 11) is -1.81. The van der Waals surface area contributed by atoms with Gasteiger partial charge < -0.3 is 10.4 Å². The molecule has 0 fully saturated rings. The minimum absolute atomic E-state index is 0.0984. The summed E-state index contributed by atoms with van der Waals surface area (Å²) in [4.78, 5) is 24.1. The topological polar surface area (TPSA) is 66.4 Å². The Kier molecular flexibility index (Phi) is 6.12. The van der Waals surface area contributed by atoms with Gasteiger partial charge in [0, 0.05) is 12.0 Å². The molecule has 0 saturated carbocycles. The van der Waals surface area contributed by atoms with Crippen LogP contribution in [-0.4, -0.2) is 31.1 Å². The van der Waals surface area contributed by atoms with Crippen molar-refractivity contribution in [3.63, 3.8) is 0 Å². The van der Waals surface area contributed by atoms with Crippen molar-refractivity contribution in [2.75, 3.05) is 0 Å². The summed E-state index contributed by atoms with van der Waals surface area (Å²) < 4.78 is 0. The van der Waals surface area contributed by atoms with Gasteiger partial charge in [-0.2, -0.15) is 0 Å². The maximum Gasteiger partial charge on any atom is 0.327 e. The van der Waals surface area contributed by atoms with Gasteiger partial charge in [0.05, 0.1) is 0 Å². The number of nitrogens with one attached hydrogen (secondary N) is 1. The van der Waals surface area contributed by atoms with E-state index in [1.807, 2.05) is 30.3 Å². The summed E-state index contributed by atoms with van der Waals surface area (Å²) in [5.74, 6) is 1.54. The molecule has 142 valence electrons. The van der Waals surface area contributed by atoms with E-state index in [1.165, 1.54) is 0 Å². The third-order valence-corrected chi connectivity index (χ3v) is 9.75. The Morgan fingerprint density at radius 1 is 1.11 bits per heavy atom. The fourth-order valence-corrected chi connectivity index (χ4v) is 3.25. The van der Waals surface area contributed by atoms with Gasteiger partial charge in [-0.25, -0.2) is 4.79 Å². The summed E-state index contributed by atoms with van der Waals surface area (Å²) in [5.41, 5.74) is 3.74. The predicted molar refractivity (Wildman–Crippen MR) is 112 cm³/mol. The lowest BCUT2D eigenvalue weighted by atomic mass is 10.1. The number of amides is 1. The van der Waals surface area contributed by atoms with Gasteiger partial charge in [0.25, 0.3) is 5.91 Å². The molecule has 1 amide bonds. The molecule has 0 aliphatic heterocycles. The molecule has 27 heavy (non-hydrogen) atoms. The second kappa shape index (κ2) is 7.97. The molecule has 4 nitrogen and oxygen atoms in total. The average molecular weight is 382 g/mol. The van der Waals surface area contributed by atoms with E-state index in [0.29, 0.717) is 5.56 Å². The molecular formula is C22H27NO3Si. The van der Waals surface area contributed by atoms with Crippen molar-refractivity contribution >= 4 is 30.7 Å². The zero-order valence-electron chi connectivity index (χ0n) is 16.6. The highest BCUT2D eigenvalue weighted by molar-refractivity contribution is 6.87. The Bertz CT molecular complexity index is 916. The average Bonchev–Trinajstić information content (AvgIpc) is 2.59. The Morgan fingerprint density at radius 3 is 2.33 bits per heavy atom. The monoisotopic (exact) mass is 381 g/mol. The van der Waals surface area contributed by atoms with Gasteiger partial charge in [-0.3, -0.25) is 4.79 Å². The van der Waals surface area contributed by atoms with Crippen molar-refractivity contribution < 1.29 is 14.7 Å². The van der Waals surface area contributed by atoms with E-state index < -0.39 is 26.0 Å². The van der Waals surface area contributed by atoms with Gasteiger partial charge in [-0.1, -0.05) is 64.2 Å². The summed E-state index contributed by atoms with van der Waals surface area (Å²) in [6.45, 7) is 10.8. The number of hydrogen-bond donors (Lipinski definition) is 2. The number of carboxylic acid groups (broad SMARTS) is 1. The smallest absolute Gasteiger partial charge is 0.327 e. The third-order valence-electron chi connectivity index (χ3n) is 5.20. The lowest BCUT2D eigenvalue weighted by Crippen LogP contribution is -2.41. The molecule has 2 aromatic carbocycles. The van der Waals surface area contributed by atoms with Crippen molar-refractivity contribution in [3.8, 4) is 11.5 Å². The van der Waals surface area contributed by atoms with E-state index in [-0.39, 0.29) is 11.5 Å². The van der Waals surface area contributed by atoms with Crippen LogP contribution >= 0.6 is 0 Å². The summed E-state index contributed by atoms with van der Waals surface area (Å²) in [5, 5.41) is 14.1. The molecule has 0 unspecified atom stereocenters. The van der Waals surface area contributed by atoms with Crippen LogP contribution in [0.1, 0.15) is 37.6 Å².